The van der Waals surface area contributed by atoms with Crippen LogP contribution in [0.4, 0.5) is 0 Å². The zero-order valence-corrected chi connectivity index (χ0v) is 17.7. The molecule has 3 aromatic carbocycles. The van der Waals surface area contributed by atoms with Crippen molar-refractivity contribution < 1.29 is 23.8 Å². The monoisotopic (exact) mass is 419 g/mol. The summed E-state index contributed by atoms with van der Waals surface area (Å²) in [6.45, 7) is 0.507. The first-order chi connectivity index (χ1) is 15.2. The lowest BCUT2D eigenvalue weighted by atomic mass is 10.0. The zero-order chi connectivity index (χ0) is 21.8. The van der Waals surface area contributed by atoms with Gasteiger partial charge in [0.2, 0.25) is 0 Å². The third-order valence-corrected chi connectivity index (χ3v) is 5.77. The van der Waals surface area contributed by atoms with Crippen LogP contribution in [0, 0.1) is 0 Å². The van der Waals surface area contributed by atoms with E-state index in [1.54, 1.807) is 20.3 Å². The summed E-state index contributed by atoms with van der Waals surface area (Å²) in [6.07, 6.45) is 2.51. The molecule has 1 atom stereocenters. The molecule has 1 aliphatic rings. The van der Waals surface area contributed by atoms with Gasteiger partial charge in [-0.25, -0.2) is 0 Å². The van der Waals surface area contributed by atoms with Gasteiger partial charge in [0.05, 0.1) is 25.8 Å². The number of likely N-dealkylation sites (tertiary alicyclic amines) is 1. The first-order valence-corrected chi connectivity index (χ1v) is 10.3. The third kappa shape index (κ3) is 4.06. The fourth-order valence-electron chi connectivity index (χ4n) is 4.23. The molecule has 6 nitrogen and oxygen atoms in total. The second-order valence-corrected chi connectivity index (χ2v) is 7.46. The van der Waals surface area contributed by atoms with Crippen LogP contribution in [0.3, 0.4) is 0 Å². The van der Waals surface area contributed by atoms with E-state index in [-0.39, 0.29) is 18.6 Å². The molecule has 0 aromatic heterocycles. The number of fused-ring (bicyclic) bond motifs is 1. The van der Waals surface area contributed by atoms with Gasteiger partial charge < -0.3 is 19.1 Å². The van der Waals surface area contributed by atoms with Gasteiger partial charge in [-0.15, -0.1) is 0 Å². The van der Waals surface area contributed by atoms with E-state index >= 15 is 0 Å². The molecule has 1 saturated heterocycles. The van der Waals surface area contributed by atoms with Crippen molar-refractivity contribution in [3.8, 4) is 17.2 Å². The van der Waals surface area contributed by atoms with Gasteiger partial charge in [0.25, 0.3) is 5.91 Å². The second-order valence-electron chi connectivity index (χ2n) is 7.46. The van der Waals surface area contributed by atoms with Crippen LogP contribution in [0.2, 0.25) is 0 Å². The lowest BCUT2D eigenvalue weighted by molar-refractivity contribution is -0.134. The van der Waals surface area contributed by atoms with Crippen LogP contribution in [0.25, 0.3) is 10.8 Å². The maximum atomic E-state index is 13.1. The van der Waals surface area contributed by atoms with Crippen LogP contribution >= 0.6 is 0 Å². The fourth-order valence-corrected chi connectivity index (χ4v) is 4.23. The van der Waals surface area contributed by atoms with Gasteiger partial charge in [-0.2, -0.15) is 0 Å². The molecule has 0 N–H and O–H groups in total. The SMILES string of the molecule is COc1ccc(OC)c(C2CCCN2C(=O)COc2ccc3ccccc3c2C=O)c1. The van der Waals surface area contributed by atoms with Crippen molar-refractivity contribution in [1.29, 1.82) is 0 Å². The lowest BCUT2D eigenvalue weighted by Gasteiger charge is -2.27. The Bertz CT molecular complexity index is 1110. The van der Waals surface area contributed by atoms with E-state index in [0.717, 1.165) is 47.0 Å². The van der Waals surface area contributed by atoms with Crippen LogP contribution in [0.1, 0.15) is 34.8 Å². The topological polar surface area (TPSA) is 65.1 Å². The van der Waals surface area contributed by atoms with Gasteiger partial charge in [-0.3, -0.25) is 9.59 Å². The van der Waals surface area contributed by atoms with E-state index in [1.165, 1.54) is 0 Å². The van der Waals surface area contributed by atoms with Crippen LogP contribution in [0.15, 0.2) is 54.6 Å². The Morgan fingerprint density at radius 2 is 1.87 bits per heavy atom. The predicted octanol–water partition coefficient (Wildman–Crippen LogP) is 4.41. The Labute approximate surface area is 181 Å². The first kappa shape index (κ1) is 20.7. The maximum absolute atomic E-state index is 13.1. The van der Waals surface area contributed by atoms with Gasteiger partial charge in [0, 0.05) is 12.1 Å². The molecule has 6 heteroatoms. The standard InChI is InChI=1S/C25H25NO5/c1-29-18-10-12-23(30-2)20(14-18)22-8-5-13-26(22)25(28)16-31-24-11-9-17-6-3-4-7-19(17)21(24)15-27/h3-4,6-7,9-12,14-15,22H,5,8,13,16H2,1-2H3. The minimum atomic E-state index is -0.137. The van der Waals surface area contributed by atoms with E-state index in [4.69, 9.17) is 14.2 Å². The van der Waals surface area contributed by atoms with E-state index in [2.05, 4.69) is 0 Å². The van der Waals surface area contributed by atoms with Crippen molar-refractivity contribution >= 4 is 23.0 Å². The van der Waals surface area contributed by atoms with Crippen molar-refractivity contribution in [3.63, 3.8) is 0 Å². The summed E-state index contributed by atoms with van der Waals surface area (Å²) in [5.74, 6) is 1.73. The Balaban J connectivity index is 1.54. The van der Waals surface area contributed by atoms with Gasteiger partial charge in [-0.05, 0) is 47.9 Å². The highest BCUT2D eigenvalue weighted by Crippen LogP contribution is 2.39. The molecule has 1 heterocycles. The Kier molecular flexibility index (Phi) is 6.07. The summed E-state index contributed by atoms with van der Waals surface area (Å²) in [6, 6.07) is 16.7. The molecule has 0 bridgehead atoms. The smallest absolute Gasteiger partial charge is 0.261 e. The number of aldehydes is 1. The number of carbonyl (C=O) groups excluding carboxylic acids is 2. The third-order valence-electron chi connectivity index (χ3n) is 5.77. The van der Waals surface area contributed by atoms with Crippen molar-refractivity contribution in [3.05, 3.63) is 65.7 Å². The summed E-state index contributed by atoms with van der Waals surface area (Å²) in [7, 11) is 3.24. The van der Waals surface area contributed by atoms with Crippen molar-refractivity contribution in [2.75, 3.05) is 27.4 Å². The molecule has 1 aliphatic heterocycles. The Hall–Kier alpha value is -3.54. The number of hydrogen-bond donors (Lipinski definition) is 0. The molecular weight excluding hydrogens is 394 g/mol. The highest BCUT2D eigenvalue weighted by molar-refractivity contribution is 6.00. The van der Waals surface area contributed by atoms with Gasteiger partial charge >= 0.3 is 0 Å². The van der Waals surface area contributed by atoms with Crippen LogP contribution in [-0.4, -0.2) is 44.5 Å². The summed E-state index contributed by atoms with van der Waals surface area (Å²) in [4.78, 5) is 26.6. The maximum Gasteiger partial charge on any atom is 0.261 e. The molecule has 4 rings (SSSR count). The molecule has 1 amide bonds. The fraction of sp³-hybridized carbons (Fsp3) is 0.280. The number of hydrogen-bond acceptors (Lipinski definition) is 5. The molecule has 0 saturated carbocycles. The van der Waals surface area contributed by atoms with Crippen molar-refractivity contribution in [2.24, 2.45) is 0 Å². The Morgan fingerprint density at radius 3 is 2.65 bits per heavy atom. The highest BCUT2D eigenvalue weighted by atomic mass is 16.5. The van der Waals surface area contributed by atoms with Gasteiger partial charge in [0.15, 0.2) is 12.9 Å². The number of nitrogens with zero attached hydrogens (tertiary/aromatic N) is 1. The summed E-state index contributed by atoms with van der Waals surface area (Å²) < 4.78 is 16.7. The summed E-state index contributed by atoms with van der Waals surface area (Å²) in [5, 5.41) is 1.76. The minimum Gasteiger partial charge on any atom is -0.497 e. The zero-order valence-electron chi connectivity index (χ0n) is 17.7. The molecule has 0 spiro atoms. The van der Waals surface area contributed by atoms with E-state index in [9.17, 15) is 9.59 Å². The lowest BCUT2D eigenvalue weighted by Crippen LogP contribution is -2.34. The number of rotatable bonds is 7. The average Bonchev–Trinajstić information content (AvgIpc) is 3.31. The molecule has 1 fully saturated rings. The largest absolute Gasteiger partial charge is 0.497 e. The van der Waals surface area contributed by atoms with Gasteiger partial charge in [-0.1, -0.05) is 30.3 Å². The molecule has 0 aliphatic carbocycles. The van der Waals surface area contributed by atoms with E-state index in [1.807, 2.05) is 53.4 Å². The predicted molar refractivity (Wildman–Crippen MR) is 118 cm³/mol. The number of amides is 1. The van der Waals surface area contributed by atoms with Crippen molar-refractivity contribution in [1.82, 2.24) is 4.90 Å². The summed E-state index contributed by atoms with van der Waals surface area (Å²) in [5.41, 5.74) is 1.38. The molecule has 31 heavy (non-hydrogen) atoms. The molecular formula is C25H25NO5. The normalized spacial score (nSPS) is 15.7. The highest BCUT2D eigenvalue weighted by Gasteiger charge is 2.32. The minimum absolute atomic E-state index is 0.108. The number of ether oxygens (including phenoxy) is 3. The molecule has 0 radical (unpaired) electrons. The van der Waals surface area contributed by atoms with E-state index < -0.39 is 0 Å². The average molecular weight is 419 g/mol. The van der Waals surface area contributed by atoms with Crippen LogP contribution in [0.5, 0.6) is 17.2 Å². The second kappa shape index (κ2) is 9.08. The molecule has 3 aromatic rings. The first-order valence-electron chi connectivity index (χ1n) is 10.3. The van der Waals surface area contributed by atoms with Crippen LogP contribution in [-0.2, 0) is 4.79 Å². The molecule has 160 valence electrons. The number of carbonyl (C=O) groups is 2. The molecule has 1 unspecified atom stereocenters. The van der Waals surface area contributed by atoms with Crippen molar-refractivity contribution in [2.45, 2.75) is 18.9 Å². The van der Waals surface area contributed by atoms with Gasteiger partial charge in [0.1, 0.15) is 17.2 Å². The quantitative estimate of drug-likeness (QED) is 0.531. The number of methoxy groups -OCH3 is 2. The summed E-state index contributed by atoms with van der Waals surface area (Å²) >= 11 is 0. The Morgan fingerprint density at radius 1 is 1.06 bits per heavy atom. The van der Waals surface area contributed by atoms with E-state index in [0.29, 0.717) is 17.9 Å². The number of benzene rings is 3. The van der Waals surface area contributed by atoms with Crippen LogP contribution < -0.4 is 14.2 Å².